The predicted molar refractivity (Wildman–Crippen MR) is 121 cm³/mol. The van der Waals surface area contributed by atoms with Crippen molar-refractivity contribution in [3.8, 4) is 16.9 Å². The fourth-order valence-corrected chi connectivity index (χ4v) is 4.16. The normalized spacial score (nSPS) is 16.2. The Kier molecular flexibility index (Phi) is 5.89. The SMILES string of the molecule is COc1ccc(-c2cc(C)nc([C@@H]3CCCN(C(=O)c4ccc(=O)n(C)c4)C3)c2)cc1. The molecule has 0 unspecified atom stereocenters. The molecule has 0 spiro atoms. The average Bonchev–Trinajstić information content (AvgIpc) is 2.80. The molecular weight excluding hydrogens is 390 g/mol. The van der Waals surface area contributed by atoms with E-state index in [0.717, 1.165) is 47.7 Å². The third-order valence-electron chi connectivity index (χ3n) is 5.86. The number of hydrogen-bond donors (Lipinski definition) is 0. The number of piperidine rings is 1. The first kappa shape index (κ1) is 20.8. The van der Waals surface area contributed by atoms with Crippen LogP contribution in [0.25, 0.3) is 11.1 Å². The first-order valence-electron chi connectivity index (χ1n) is 10.5. The Morgan fingerprint density at radius 2 is 1.87 bits per heavy atom. The predicted octanol–water partition coefficient (Wildman–Crippen LogP) is 3.78. The molecule has 0 radical (unpaired) electrons. The number of likely N-dealkylation sites (tertiary alicyclic amines) is 1. The molecule has 1 aliphatic heterocycles. The number of carbonyl (C=O) groups is 1. The number of methoxy groups -OCH3 is 1. The van der Waals surface area contributed by atoms with Gasteiger partial charge in [-0.1, -0.05) is 12.1 Å². The highest BCUT2D eigenvalue weighted by molar-refractivity contribution is 5.94. The Morgan fingerprint density at radius 1 is 1.10 bits per heavy atom. The van der Waals surface area contributed by atoms with Gasteiger partial charge >= 0.3 is 0 Å². The maximum absolute atomic E-state index is 13.0. The smallest absolute Gasteiger partial charge is 0.255 e. The number of pyridine rings is 2. The number of rotatable bonds is 4. The van der Waals surface area contributed by atoms with E-state index >= 15 is 0 Å². The van der Waals surface area contributed by atoms with Crippen LogP contribution in [-0.4, -0.2) is 40.6 Å². The lowest BCUT2D eigenvalue weighted by Gasteiger charge is -2.33. The number of amides is 1. The van der Waals surface area contributed by atoms with Crippen LogP contribution in [0, 0.1) is 6.92 Å². The quantitative estimate of drug-likeness (QED) is 0.648. The molecule has 31 heavy (non-hydrogen) atoms. The zero-order valence-electron chi connectivity index (χ0n) is 18.2. The number of nitrogens with zero attached hydrogens (tertiary/aromatic N) is 3. The van der Waals surface area contributed by atoms with Crippen molar-refractivity contribution in [2.24, 2.45) is 7.05 Å². The zero-order valence-corrected chi connectivity index (χ0v) is 18.2. The van der Waals surface area contributed by atoms with Crippen molar-refractivity contribution in [1.29, 1.82) is 0 Å². The number of benzene rings is 1. The highest BCUT2D eigenvalue weighted by Crippen LogP contribution is 2.30. The summed E-state index contributed by atoms with van der Waals surface area (Å²) in [6, 6.07) is 15.3. The summed E-state index contributed by atoms with van der Waals surface area (Å²) in [5.41, 5.74) is 4.63. The fourth-order valence-electron chi connectivity index (χ4n) is 4.16. The van der Waals surface area contributed by atoms with Crippen molar-refractivity contribution >= 4 is 5.91 Å². The van der Waals surface area contributed by atoms with Gasteiger partial charge in [0, 0.05) is 49.7 Å². The molecule has 0 bridgehead atoms. The summed E-state index contributed by atoms with van der Waals surface area (Å²) in [6.45, 7) is 3.35. The summed E-state index contributed by atoms with van der Waals surface area (Å²) < 4.78 is 6.71. The lowest BCUT2D eigenvalue weighted by atomic mass is 9.92. The fraction of sp³-hybridized carbons (Fsp3) is 0.320. The number of hydrogen-bond acceptors (Lipinski definition) is 4. The lowest BCUT2D eigenvalue weighted by molar-refractivity contribution is 0.0705. The molecule has 160 valence electrons. The first-order chi connectivity index (χ1) is 14.9. The van der Waals surface area contributed by atoms with Gasteiger partial charge in [-0.25, -0.2) is 0 Å². The van der Waals surface area contributed by atoms with Crippen LogP contribution in [0.3, 0.4) is 0 Å². The second-order valence-corrected chi connectivity index (χ2v) is 8.11. The Labute approximate surface area is 182 Å². The van der Waals surface area contributed by atoms with Gasteiger partial charge in [-0.3, -0.25) is 14.6 Å². The monoisotopic (exact) mass is 417 g/mol. The molecule has 1 amide bonds. The molecule has 1 aromatic carbocycles. The second kappa shape index (κ2) is 8.76. The Bertz CT molecular complexity index is 1150. The van der Waals surface area contributed by atoms with Crippen molar-refractivity contribution in [2.45, 2.75) is 25.7 Å². The third kappa shape index (κ3) is 4.53. The molecule has 0 aliphatic carbocycles. The molecule has 0 saturated carbocycles. The topological polar surface area (TPSA) is 64.4 Å². The zero-order chi connectivity index (χ0) is 22.0. The van der Waals surface area contributed by atoms with Crippen molar-refractivity contribution in [2.75, 3.05) is 20.2 Å². The molecule has 1 aliphatic rings. The van der Waals surface area contributed by atoms with Gasteiger partial charge in [-0.15, -0.1) is 0 Å². The van der Waals surface area contributed by atoms with Crippen LogP contribution in [0.4, 0.5) is 0 Å². The molecule has 1 fully saturated rings. The molecular formula is C25H27N3O3. The van der Waals surface area contributed by atoms with Crippen molar-refractivity contribution in [3.63, 3.8) is 0 Å². The van der Waals surface area contributed by atoms with E-state index < -0.39 is 0 Å². The number of aromatic nitrogens is 2. The summed E-state index contributed by atoms with van der Waals surface area (Å²) >= 11 is 0. The Balaban J connectivity index is 1.57. The van der Waals surface area contributed by atoms with Gasteiger partial charge in [-0.05, 0) is 61.2 Å². The van der Waals surface area contributed by atoms with Crippen LogP contribution in [-0.2, 0) is 7.05 Å². The van der Waals surface area contributed by atoms with Crippen LogP contribution in [0.15, 0.2) is 59.5 Å². The Hall–Kier alpha value is -3.41. The summed E-state index contributed by atoms with van der Waals surface area (Å²) in [5, 5.41) is 0. The van der Waals surface area contributed by atoms with E-state index in [1.165, 1.54) is 10.6 Å². The highest BCUT2D eigenvalue weighted by Gasteiger charge is 2.27. The summed E-state index contributed by atoms with van der Waals surface area (Å²) in [4.78, 5) is 31.4. The van der Waals surface area contributed by atoms with E-state index in [2.05, 4.69) is 12.1 Å². The molecule has 1 atom stereocenters. The van der Waals surface area contributed by atoms with E-state index in [1.807, 2.05) is 36.1 Å². The van der Waals surface area contributed by atoms with Crippen LogP contribution in [0.1, 0.15) is 40.5 Å². The Morgan fingerprint density at radius 3 is 2.58 bits per heavy atom. The third-order valence-corrected chi connectivity index (χ3v) is 5.86. The molecule has 3 heterocycles. The van der Waals surface area contributed by atoms with E-state index in [4.69, 9.17) is 9.72 Å². The van der Waals surface area contributed by atoms with Crippen LogP contribution in [0.5, 0.6) is 5.75 Å². The summed E-state index contributed by atoms with van der Waals surface area (Å²) in [6.07, 6.45) is 3.53. The molecule has 1 saturated heterocycles. The van der Waals surface area contributed by atoms with Crippen molar-refractivity contribution < 1.29 is 9.53 Å². The lowest BCUT2D eigenvalue weighted by Crippen LogP contribution is -2.39. The minimum atomic E-state index is -0.122. The van der Waals surface area contributed by atoms with Gasteiger partial charge in [0.15, 0.2) is 0 Å². The van der Waals surface area contributed by atoms with E-state index in [1.54, 1.807) is 26.4 Å². The van der Waals surface area contributed by atoms with Crippen molar-refractivity contribution in [1.82, 2.24) is 14.5 Å². The van der Waals surface area contributed by atoms with E-state index in [9.17, 15) is 9.59 Å². The number of aryl methyl sites for hydroxylation is 2. The number of carbonyl (C=O) groups excluding carboxylic acids is 1. The van der Waals surface area contributed by atoms with Gasteiger partial charge in [0.25, 0.3) is 5.91 Å². The van der Waals surface area contributed by atoms with Crippen LogP contribution < -0.4 is 10.3 Å². The summed E-state index contributed by atoms with van der Waals surface area (Å²) in [7, 11) is 3.32. The van der Waals surface area contributed by atoms with E-state index in [-0.39, 0.29) is 17.4 Å². The molecule has 3 aromatic rings. The molecule has 6 nitrogen and oxygen atoms in total. The maximum atomic E-state index is 13.0. The molecule has 6 heteroatoms. The van der Waals surface area contributed by atoms with E-state index in [0.29, 0.717) is 12.1 Å². The van der Waals surface area contributed by atoms with Gasteiger partial charge in [0.05, 0.1) is 12.7 Å². The first-order valence-corrected chi connectivity index (χ1v) is 10.5. The standard InChI is InChI=1S/C25H27N3O3/c1-17-13-21(18-6-9-22(31-3)10-7-18)14-23(26-17)19-5-4-12-28(16-19)25(30)20-8-11-24(29)27(2)15-20/h6-11,13-15,19H,4-5,12,16H2,1-3H3/t19-/m1/s1. The maximum Gasteiger partial charge on any atom is 0.255 e. The average molecular weight is 418 g/mol. The minimum absolute atomic E-state index is 0.0386. The van der Waals surface area contributed by atoms with Gasteiger partial charge in [0.2, 0.25) is 5.56 Å². The highest BCUT2D eigenvalue weighted by atomic mass is 16.5. The van der Waals surface area contributed by atoms with Crippen LogP contribution in [0.2, 0.25) is 0 Å². The van der Waals surface area contributed by atoms with Gasteiger partial charge in [-0.2, -0.15) is 0 Å². The van der Waals surface area contributed by atoms with Crippen LogP contribution >= 0.6 is 0 Å². The minimum Gasteiger partial charge on any atom is -0.497 e. The van der Waals surface area contributed by atoms with Gasteiger partial charge in [0.1, 0.15) is 5.75 Å². The largest absolute Gasteiger partial charge is 0.497 e. The second-order valence-electron chi connectivity index (χ2n) is 8.11. The van der Waals surface area contributed by atoms with Crippen molar-refractivity contribution in [3.05, 3.63) is 82.0 Å². The molecule has 4 rings (SSSR count). The summed E-state index contributed by atoms with van der Waals surface area (Å²) in [5.74, 6) is 0.972. The molecule has 0 N–H and O–H groups in total. The molecule has 2 aromatic heterocycles. The number of ether oxygens (including phenoxy) is 1. The van der Waals surface area contributed by atoms with Gasteiger partial charge < -0.3 is 14.2 Å².